The van der Waals surface area contributed by atoms with Gasteiger partial charge >= 0.3 is 5.97 Å². The van der Waals surface area contributed by atoms with Gasteiger partial charge in [-0.25, -0.2) is 4.79 Å². The smallest absolute Gasteiger partial charge is 0.338 e. The Labute approximate surface area is 156 Å². The highest BCUT2D eigenvalue weighted by Gasteiger charge is 2.37. The van der Waals surface area contributed by atoms with E-state index in [1.807, 2.05) is 6.07 Å². The molecule has 2 aliphatic rings. The Morgan fingerprint density at radius 2 is 2.23 bits per heavy atom. The molecule has 3 N–H and O–H groups in total. The summed E-state index contributed by atoms with van der Waals surface area (Å²) in [5.74, 6) is -0.662. The first-order valence-electron chi connectivity index (χ1n) is 8.40. The third-order valence-corrected chi connectivity index (χ3v) is 5.67. The van der Waals surface area contributed by atoms with Crippen molar-refractivity contribution in [2.45, 2.75) is 19.4 Å². The number of nitrogens with one attached hydrogen (secondary N) is 1. The van der Waals surface area contributed by atoms with Crippen LogP contribution in [0.15, 0.2) is 34.2 Å². The second-order valence-corrected chi connectivity index (χ2v) is 7.23. The van der Waals surface area contributed by atoms with Crippen molar-refractivity contribution in [1.82, 2.24) is 0 Å². The van der Waals surface area contributed by atoms with E-state index < -0.39 is 11.9 Å². The SMILES string of the molecule is COC(=O)C1=C(C)OC(N)=C(C#N)[C@H]1c1cc(C[NH+]2CCOCC2)cs1. The maximum absolute atomic E-state index is 12.3. The zero-order valence-electron chi connectivity index (χ0n) is 14.8. The van der Waals surface area contributed by atoms with Crippen LogP contribution in [0.5, 0.6) is 0 Å². The summed E-state index contributed by atoms with van der Waals surface area (Å²) in [6.07, 6.45) is 0. The van der Waals surface area contributed by atoms with Crippen LogP contribution in [0.1, 0.15) is 23.3 Å². The number of allylic oxidation sites excluding steroid dienone is 2. The summed E-state index contributed by atoms with van der Waals surface area (Å²) in [5.41, 5.74) is 7.64. The fourth-order valence-electron chi connectivity index (χ4n) is 3.30. The first-order chi connectivity index (χ1) is 12.5. The van der Waals surface area contributed by atoms with Gasteiger partial charge in [-0.15, -0.1) is 11.3 Å². The number of methoxy groups -OCH3 is 1. The van der Waals surface area contributed by atoms with Gasteiger partial charge in [0.25, 0.3) is 0 Å². The lowest BCUT2D eigenvalue weighted by atomic mass is 9.87. The average molecular weight is 376 g/mol. The van der Waals surface area contributed by atoms with E-state index in [1.54, 1.807) is 6.92 Å². The normalized spacial score (nSPS) is 21.3. The topological polar surface area (TPSA) is 99.0 Å². The Bertz CT molecular complexity index is 800. The first kappa shape index (κ1) is 18.5. The van der Waals surface area contributed by atoms with E-state index in [2.05, 4.69) is 11.4 Å². The fourth-order valence-corrected chi connectivity index (χ4v) is 4.33. The molecule has 8 heteroatoms. The number of nitrogens with zero attached hydrogens (tertiary/aromatic N) is 1. The van der Waals surface area contributed by atoms with Crippen LogP contribution in [0, 0.1) is 11.3 Å². The van der Waals surface area contributed by atoms with E-state index in [-0.39, 0.29) is 11.5 Å². The molecule has 0 aliphatic carbocycles. The van der Waals surface area contributed by atoms with E-state index >= 15 is 0 Å². The van der Waals surface area contributed by atoms with E-state index in [4.69, 9.17) is 19.9 Å². The van der Waals surface area contributed by atoms with Crippen LogP contribution < -0.4 is 10.6 Å². The Balaban J connectivity index is 1.92. The van der Waals surface area contributed by atoms with Crippen LogP contribution in [-0.4, -0.2) is 39.4 Å². The van der Waals surface area contributed by atoms with Crippen LogP contribution in [0.3, 0.4) is 0 Å². The van der Waals surface area contributed by atoms with Gasteiger partial charge in [0.05, 0.1) is 31.8 Å². The third-order valence-electron chi connectivity index (χ3n) is 4.62. The number of carbonyl (C=O) groups is 1. The molecule has 0 spiro atoms. The number of carbonyl (C=O) groups excluding carboxylic acids is 1. The van der Waals surface area contributed by atoms with Gasteiger partial charge in [-0.2, -0.15) is 5.26 Å². The Morgan fingerprint density at radius 3 is 2.88 bits per heavy atom. The lowest BCUT2D eigenvalue weighted by molar-refractivity contribution is -0.921. The molecular formula is C18H22N3O4S+. The summed E-state index contributed by atoms with van der Waals surface area (Å²) in [4.78, 5) is 14.7. The lowest BCUT2D eigenvalue weighted by Gasteiger charge is -2.25. The highest BCUT2D eigenvalue weighted by molar-refractivity contribution is 7.10. The van der Waals surface area contributed by atoms with Gasteiger partial charge in [-0.05, 0) is 18.4 Å². The molecule has 1 saturated heterocycles. The fraction of sp³-hybridized carbons (Fsp3) is 0.444. The molecule has 1 atom stereocenters. The Morgan fingerprint density at radius 1 is 1.50 bits per heavy atom. The van der Waals surface area contributed by atoms with Crippen molar-refractivity contribution in [3.05, 3.63) is 44.7 Å². The van der Waals surface area contributed by atoms with Gasteiger partial charge in [0.1, 0.15) is 37.0 Å². The molecule has 7 nitrogen and oxygen atoms in total. The maximum Gasteiger partial charge on any atom is 0.338 e. The number of hydrogen-bond acceptors (Lipinski definition) is 7. The maximum atomic E-state index is 12.3. The summed E-state index contributed by atoms with van der Waals surface area (Å²) in [5, 5.41) is 11.6. The molecule has 0 bridgehead atoms. The molecular weight excluding hydrogens is 354 g/mol. The number of nitrogens with two attached hydrogens (primary N) is 1. The van der Waals surface area contributed by atoms with Gasteiger partial charge in [0.2, 0.25) is 5.88 Å². The molecule has 0 aromatic carbocycles. The van der Waals surface area contributed by atoms with Crippen molar-refractivity contribution >= 4 is 17.3 Å². The van der Waals surface area contributed by atoms with Crippen molar-refractivity contribution in [1.29, 1.82) is 5.26 Å². The number of morpholine rings is 1. The predicted octanol–water partition coefficient (Wildman–Crippen LogP) is 0.418. The average Bonchev–Trinajstić information content (AvgIpc) is 3.09. The van der Waals surface area contributed by atoms with Gasteiger partial charge in [-0.1, -0.05) is 0 Å². The molecule has 1 fully saturated rings. The summed E-state index contributed by atoms with van der Waals surface area (Å²) >= 11 is 1.52. The second-order valence-electron chi connectivity index (χ2n) is 6.28. The van der Waals surface area contributed by atoms with E-state index in [0.717, 1.165) is 37.7 Å². The molecule has 0 amide bonds. The highest BCUT2D eigenvalue weighted by Crippen LogP contribution is 2.41. The summed E-state index contributed by atoms with van der Waals surface area (Å²) in [7, 11) is 1.31. The highest BCUT2D eigenvalue weighted by atomic mass is 32.1. The zero-order chi connectivity index (χ0) is 18.7. The molecule has 0 radical (unpaired) electrons. The van der Waals surface area contributed by atoms with Crippen LogP contribution in [0.4, 0.5) is 0 Å². The summed E-state index contributed by atoms with van der Waals surface area (Å²) < 4.78 is 15.7. The minimum atomic E-state index is -0.556. The molecule has 3 heterocycles. The second kappa shape index (κ2) is 7.91. The van der Waals surface area contributed by atoms with Crippen molar-refractivity contribution in [2.75, 3.05) is 33.4 Å². The van der Waals surface area contributed by atoms with Crippen LogP contribution in [0.25, 0.3) is 0 Å². The lowest BCUT2D eigenvalue weighted by Crippen LogP contribution is -3.12. The number of hydrogen-bond donors (Lipinski definition) is 2. The Kier molecular flexibility index (Phi) is 5.61. The van der Waals surface area contributed by atoms with Gasteiger partial charge in [-0.3, -0.25) is 0 Å². The summed E-state index contributed by atoms with van der Waals surface area (Å²) in [6, 6.07) is 4.14. The van der Waals surface area contributed by atoms with E-state index in [0.29, 0.717) is 11.3 Å². The molecule has 0 unspecified atom stereocenters. The van der Waals surface area contributed by atoms with Crippen molar-refractivity contribution in [2.24, 2.45) is 5.73 Å². The van der Waals surface area contributed by atoms with Gasteiger partial charge < -0.3 is 24.8 Å². The molecule has 3 rings (SSSR count). The van der Waals surface area contributed by atoms with Crippen LogP contribution in [-0.2, 0) is 25.5 Å². The zero-order valence-corrected chi connectivity index (χ0v) is 15.6. The summed E-state index contributed by atoms with van der Waals surface area (Å²) in [6.45, 7) is 6.06. The number of esters is 1. The molecule has 2 aliphatic heterocycles. The number of quaternary nitrogens is 1. The number of nitriles is 1. The minimum absolute atomic E-state index is 0.0383. The molecule has 138 valence electrons. The van der Waals surface area contributed by atoms with Gasteiger partial charge in [0, 0.05) is 10.4 Å². The molecule has 26 heavy (non-hydrogen) atoms. The minimum Gasteiger partial charge on any atom is -0.466 e. The van der Waals surface area contributed by atoms with E-state index in [9.17, 15) is 10.1 Å². The standard InChI is InChI=1S/C18H21N3O4S/c1-11-15(18(22)23-2)16(13(8-19)17(20)25-11)14-7-12(10-26-14)9-21-3-5-24-6-4-21/h7,10,16H,3-6,9,20H2,1-2H3/p+1/t16-/m0/s1. The quantitative estimate of drug-likeness (QED) is 0.739. The first-order valence-corrected chi connectivity index (χ1v) is 9.28. The number of ether oxygens (including phenoxy) is 3. The van der Waals surface area contributed by atoms with Crippen LogP contribution >= 0.6 is 11.3 Å². The third kappa shape index (κ3) is 3.60. The molecule has 1 aromatic heterocycles. The van der Waals surface area contributed by atoms with Crippen molar-refractivity contribution in [3.8, 4) is 6.07 Å². The predicted molar refractivity (Wildman–Crippen MR) is 94.9 cm³/mol. The Hall–Kier alpha value is -2.34. The molecule has 0 saturated carbocycles. The number of thiophene rings is 1. The molecule has 1 aromatic rings. The van der Waals surface area contributed by atoms with Crippen LogP contribution in [0.2, 0.25) is 0 Å². The van der Waals surface area contributed by atoms with E-state index in [1.165, 1.54) is 28.9 Å². The van der Waals surface area contributed by atoms with Gasteiger partial charge in [0.15, 0.2) is 0 Å². The number of rotatable bonds is 4. The largest absolute Gasteiger partial charge is 0.466 e. The van der Waals surface area contributed by atoms with Crippen molar-refractivity contribution in [3.63, 3.8) is 0 Å². The monoisotopic (exact) mass is 376 g/mol. The van der Waals surface area contributed by atoms with Crippen molar-refractivity contribution < 1.29 is 23.9 Å².